The van der Waals surface area contributed by atoms with E-state index in [4.69, 9.17) is 0 Å². The third kappa shape index (κ3) is 2.15. The standard InChI is InChI=1S/C11H17NO3/c1-15-11(14)4-5-12-8-2-3-9(12)7-10(13)6-8/h4-5,8-10,13H,2-3,6-7H2,1H3. The van der Waals surface area contributed by atoms with Gasteiger partial charge in [0.25, 0.3) is 0 Å². The average molecular weight is 211 g/mol. The average Bonchev–Trinajstić information content (AvgIpc) is 2.46. The van der Waals surface area contributed by atoms with Crippen molar-refractivity contribution in [2.75, 3.05) is 7.11 Å². The van der Waals surface area contributed by atoms with E-state index in [9.17, 15) is 9.90 Å². The first-order chi connectivity index (χ1) is 7.20. The van der Waals surface area contributed by atoms with Crippen molar-refractivity contribution in [3.8, 4) is 0 Å². The first-order valence-corrected chi connectivity index (χ1v) is 5.42. The summed E-state index contributed by atoms with van der Waals surface area (Å²) in [6, 6.07) is 0.805. The molecular formula is C11H17NO3. The van der Waals surface area contributed by atoms with Crippen molar-refractivity contribution in [1.82, 2.24) is 4.90 Å². The molecule has 2 rings (SSSR count). The number of nitrogens with zero attached hydrogens (tertiary/aromatic N) is 1. The molecule has 2 fully saturated rings. The summed E-state index contributed by atoms with van der Waals surface area (Å²) < 4.78 is 4.55. The zero-order valence-corrected chi connectivity index (χ0v) is 8.93. The Kier molecular flexibility index (Phi) is 2.95. The van der Waals surface area contributed by atoms with Crippen LogP contribution in [-0.2, 0) is 9.53 Å². The molecular weight excluding hydrogens is 194 g/mol. The number of esters is 1. The minimum absolute atomic E-state index is 0.162. The maximum atomic E-state index is 11.0. The molecule has 1 N–H and O–H groups in total. The highest BCUT2D eigenvalue weighted by Gasteiger charge is 2.38. The second-order valence-electron chi connectivity index (χ2n) is 4.30. The van der Waals surface area contributed by atoms with Crippen LogP contribution in [-0.4, -0.2) is 41.3 Å². The van der Waals surface area contributed by atoms with E-state index in [0.29, 0.717) is 12.1 Å². The third-order valence-corrected chi connectivity index (χ3v) is 3.35. The lowest BCUT2D eigenvalue weighted by atomic mass is 10.0. The number of carbonyl (C=O) groups is 1. The third-order valence-electron chi connectivity index (χ3n) is 3.35. The topological polar surface area (TPSA) is 49.8 Å². The van der Waals surface area contributed by atoms with Crippen LogP contribution in [0.4, 0.5) is 0 Å². The van der Waals surface area contributed by atoms with E-state index in [-0.39, 0.29) is 12.1 Å². The van der Waals surface area contributed by atoms with Crippen LogP contribution in [0.2, 0.25) is 0 Å². The lowest BCUT2D eigenvalue weighted by Gasteiger charge is -2.36. The molecule has 0 radical (unpaired) electrons. The number of aliphatic hydroxyl groups excluding tert-OH is 1. The fourth-order valence-electron chi connectivity index (χ4n) is 2.64. The summed E-state index contributed by atoms with van der Waals surface area (Å²) in [5.74, 6) is -0.319. The van der Waals surface area contributed by atoms with Gasteiger partial charge in [0.2, 0.25) is 0 Å². The first kappa shape index (κ1) is 10.5. The van der Waals surface area contributed by atoms with E-state index < -0.39 is 0 Å². The maximum Gasteiger partial charge on any atom is 0.331 e. The van der Waals surface area contributed by atoms with Crippen LogP contribution in [0, 0.1) is 0 Å². The van der Waals surface area contributed by atoms with Crippen LogP contribution in [0.5, 0.6) is 0 Å². The van der Waals surface area contributed by atoms with Gasteiger partial charge < -0.3 is 14.7 Å². The highest BCUT2D eigenvalue weighted by Crippen LogP contribution is 2.35. The molecule has 0 aromatic rings. The van der Waals surface area contributed by atoms with Gasteiger partial charge in [-0.1, -0.05) is 0 Å². The predicted molar refractivity (Wildman–Crippen MR) is 55.0 cm³/mol. The number of methoxy groups -OCH3 is 1. The summed E-state index contributed by atoms with van der Waals surface area (Å²) in [5.41, 5.74) is 0. The van der Waals surface area contributed by atoms with Gasteiger partial charge in [0.05, 0.1) is 13.2 Å². The van der Waals surface area contributed by atoms with Crippen molar-refractivity contribution in [1.29, 1.82) is 0 Å². The first-order valence-electron chi connectivity index (χ1n) is 5.42. The number of carbonyl (C=O) groups excluding carboxylic acids is 1. The Morgan fingerprint density at radius 3 is 2.53 bits per heavy atom. The van der Waals surface area contributed by atoms with Gasteiger partial charge >= 0.3 is 5.97 Å². The van der Waals surface area contributed by atoms with Crippen molar-refractivity contribution < 1.29 is 14.6 Å². The Bertz CT molecular complexity index is 263. The lowest BCUT2D eigenvalue weighted by Crippen LogP contribution is -2.41. The van der Waals surface area contributed by atoms with Gasteiger partial charge in [-0.15, -0.1) is 0 Å². The van der Waals surface area contributed by atoms with Crippen LogP contribution < -0.4 is 0 Å². The summed E-state index contributed by atoms with van der Waals surface area (Å²) >= 11 is 0. The second-order valence-corrected chi connectivity index (χ2v) is 4.30. The van der Waals surface area contributed by atoms with E-state index >= 15 is 0 Å². The Labute approximate surface area is 89.5 Å². The second kappa shape index (κ2) is 4.23. The number of piperidine rings is 1. The quantitative estimate of drug-likeness (QED) is 0.538. The molecule has 2 aliphatic rings. The van der Waals surface area contributed by atoms with Crippen molar-refractivity contribution in [3.05, 3.63) is 12.3 Å². The summed E-state index contributed by atoms with van der Waals surface area (Å²) in [5, 5.41) is 9.59. The maximum absolute atomic E-state index is 11.0. The molecule has 0 saturated carbocycles. The minimum atomic E-state index is -0.319. The van der Waals surface area contributed by atoms with E-state index in [1.54, 1.807) is 0 Å². The number of hydrogen-bond donors (Lipinski definition) is 1. The van der Waals surface area contributed by atoms with Gasteiger partial charge in [-0.2, -0.15) is 0 Å². The SMILES string of the molecule is COC(=O)C=CN1C2CCC1CC(O)C2. The molecule has 0 aliphatic carbocycles. The largest absolute Gasteiger partial charge is 0.466 e. The molecule has 0 aromatic carbocycles. The molecule has 0 amide bonds. The summed E-state index contributed by atoms with van der Waals surface area (Å²) in [6.07, 6.45) is 7.00. The molecule has 2 bridgehead atoms. The number of fused-ring (bicyclic) bond motifs is 2. The fourth-order valence-corrected chi connectivity index (χ4v) is 2.64. The number of hydrogen-bond acceptors (Lipinski definition) is 4. The van der Waals surface area contributed by atoms with Crippen molar-refractivity contribution in [2.24, 2.45) is 0 Å². The molecule has 84 valence electrons. The zero-order chi connectivity index (χ0) is 10.8. The minimum Gasteiger partial charge on any atom is -0.466 e. The summed E-state index contributed by atoms with van der Waals surface area (Å²) in [4.78, 5) is 13.2. The van der Waals surface area contributed by atoms with Crippen LogP contribution in [0.1, 0.15) is 25.7 Å². The van der Waals surface area contributed by atoms with Crippen LogP contribution in [0.3, 0.4) is 0 Å². The monoisotopic (exact) mass is 211 g/mol. The van der Waals surface area contributed by atoms with Gasteiger partial charge in [-0.3, -0.25) is 0 Å². The molecule has 2 heterocycles. The Morgan fingerprint density at radius 2 is 2.00 bits per heavy atom. The van der Waals surface area contributed by atoms with Crippen molar-refractivity contribution >= 4 is 5.97 Å². The lowest BCUT2D eigenvalue weighted by molar-refractivity contribution is -0.134. The molecule has 4 heteroatoms. The van der Waals surface area contributed by atoms with E-state index in [2.05, 4.69) is 9.64 Å². The Balaban J connectivity index is 1.99. The van der Waals surface area contributed by atoms with Crippen molar-refractivity contribution in [2.45, 2.75) is 43.9 Å². The predicted octanol–water partition coefficient (Wildman–Crippen LogP) is 0.661. The van der Waals surface area contributed by atoms with Gasteiger partial charge in [-0.05, 0) is 25.7 Å². The smallest absolute Gasteiger partial charge is 0.331 e. The zero-order valence-electron chi connectivity index (χ0n) is 8.93. The normalized spacial score (nSPS) is 34.8. The highest BCUT2D eigenvalue weighted by atomic mass is 16.5. The molecule has 0 spiro atoms. The van der Waals surface area contributed by atoms with Gasteiger partial charge in [-0.25, -0.2) is 4.79 Å². The highest BCUT2D eigenvalue weighted by molar-refractivity contribution is 5.81. The van der Waals surface area contributed by atoms with Crippen molar-refractivity contribution in [3.63, 3.8) is 0 Å². The van der Waals surface area contributed by atoms with Crippen LogP contribution in [0.25, 0.3) is 0 Å². The summed E-state index contributed by atoms with van der Waals surface area (Å²) in [7, 11) is 1.38. The molecule has 15 heavy (non-hydrogen) atoms. The molecule has 2 saturated heterocycles. The molecule has 2 atom stereocenters. The van der Waals surface area contributed by atoms with E-state index in [1.165, 1.54) is 13.2 Å². The fraction of sp³-hybridized carbons (Fsp3) is 0.727. The van der Waals surface area contributed by atoms with E-state index in [0.717, 1.165) is 25.7 Å². The number of ether oxygens (including phenoxy) is 1. The van der Waals surface area contributed by atoms with Gasteiger partial charge in [0.15, 0.2) is 0 Å². The Hall–Kier alpha value is -1.03. The summed E-state index contributed by atoms with van der Waals surface area (Å²) in [6.45, 7) is 0. The Morgan fingerprint density at radius 1 is 1.40 bits per heavy atom. The molecule has 4 nitrogen and oxygen atoms in total. The van der Waals surface area contributed by atoms with Gasteiger partial charge in [0.1, 0.15) is 0 Å². The molecule has 2 aliphatic heterocycles. The number of rotatable bonds is 2. The van der Waals surface area contributed by atoms with Crippen LogP contribution >= 0.6 is 0 Å². The van der Waals surface area contributed by atoms with E-state index in [1.807, 2.05) is 6.20 Å². The van der Waals surface area contributed by atoms with Gasteiger partial charge in [0, 0.05) is 24.4 Å². The molecule has 2 unspecified atom stereocenters. The molecule has 0 aromatic heterocycles. The number of aliphatic hydroxyl groups is 1. The van der Waals surface area contributed by atoms with Crippen LogP contribution in [0.15, 0.2) is 12.3 Å².